The van der Waals surface area contributed by atoms with Crippen molar-refractivity contribution in [2.45, 2.75) is 6.92 Å². The van der Waals surface area contributed by atoms with Crippen LogP contribution in [0.1, 0.15) is 5.56 Å². The summed E-state index contributed by atoms with van der Waals surface area (Å²) in [6.07, 6.45) is 0. The molecule has 0 N–H and O–H groups in total. The summed E-state index contributed by atoms with van der Waals surface area (Å²) in [5.41, 5.74) is 9.59. The highest BCUT2D eigenvalue weighted by Crippen LogP contribution is 2.42. The number of nitrogens with zero attached hydrogens (tertiary/aromatic N) is 3. The zero-order chi connectivity index (χ0) is 23.6. The maximum Gasteiger partial charge on any atom is 0.143 e. The number of benzene rings is 4. The quantitative estimate of drug-likeness (QED) is 0.254. The SMILES string of the molecule is Cc1ccc(-c2csc(-c3c(-c4ccccc4)c(-c4ccccc4)nn3-c3ccccc3)n2)cc1. The molecule has 0 fully saturated rings. The lowest BCUT2D eigenvalue weighted by Gasteiger charge is -2.08. The fourth-order valence-electron chi connectivity index (χ4n) is 4.29. The lowest BCUT2D eigenvalue weighted by molar-refractivity contribution is 0.891. The molecule has 2 heterocycles. The molecule has 0 saturated heterocycles. The lowest BCUT2D eigenvalue weighted by atomic mass is 9.99. The van der Waals surface area contributed by atoms with Crippen LogP contribution in [0.5, 0.6) is 0 Å². The summed E-state index contributed by atoms with van der Waals surface area (Å²) >= 11 is 1.66. The summed E-state index contributed by atoms with van der Waals surface area (Å²) < 4.78 is 2.04. The first-order valence-corrected chi connectivity index (χ1v) is 12.5. The maximum absolute atomic E-state index is 5.18. The Kier molecular flexibility index (Phi) is 5.57. The zero-order valence-electron chi connectivity index (χ0n) is 19.3. The van der Waals surface area contributed by atoms with Gasteiger partial charge in [-0.3, -0.25) is 0 Å². The van der Waals surface area contributed by atoms with E-state index in [-0.39, 0.29) is 0 Å². The summed E-state index contributed by atoms with van der Waals surface area (Å²) in [6, 6.07) is 39.7. The normalized spacial score (nSPS) is 11.0. The second kappa shape index (κ2) is 9.16. The Morgan fingerprint density at radius 1 is 0.629 bits per heavy atom. The highest BCUT2D eigenvalue weighted by Gasteiger charge is 2.25. The van der Waals surface area contributed by atoms with E-state index in [2.05, 4.69) is 97.2 Å². The Labute approximate surface area is 209 Å². The number of para-hydroxylation sites is 1. The van der Waals surface area contributed by atoms with Crippen molar-refractivity contribution in [3.8, 4) is 50.0 Å². The van der Waals surface area contributed by atoms with Crippen molar-refractivity contribution in [1.29, 1.82) is 0 Å². The molecule has 0 radical (unpaired) electrons. The van der Waals surface area contributed by atoms with Crippen molar-refractivity contribution in [3.63, 3.8) is 0 Å². The first kappa shape index (κ1) is 21.3. The van der Waals surface area contributed by atoms with E-state index in [9.17, 15) is 0 Å². The van der Waals surface area contributed by atoms with Crippen molar-refractivity contribution in [3.05, 3.63) is 126 Å². The second-order valence-electron chi connectivity index (χ2n) is 8.46. The third-order valence-electron chi connectivity index (χ3n) is 6.05. The predicted octanol–water partition coefficient (Wildman–Crippen LogP) is 8.31. The monoisotopic (exact) mass is 469 g/mol. The van der Waals surface area contributed by atoms with Gasteiger partial charge in [-0.05, 0) is 24.6 Å². The average molecular weight is 470 g/mol. The highest BCUT2D eigenvalue weighted by atomic mass is 32.1. The number of aryl methyl sites for hydroxylation is 1. The number of thiazole rings is 1. The second-order valence-corrected chi connectivity index (χ2v) is 9.31. The molecule has 0 aliphatic carbocycles. The number of hydrogen-bond acceptors (Lipinski definition) is 3. The molecule has 0 bridgehead atoms. The molecule has 0 amide bonds. The van der Waals surface area contributed by atoms with Gasteiger partial charge in [0.1, 0.15) is 16.4 Å². The Bertz CT molecular complexity index is 1570. The Balaban J connectivity index is 1.63. The first-order valence-electron chi connectivity index (χ1n) is 11.6. The molecule has 0 saturated carbocycles. The molecule has 3 nitrogen and oxygen atoms in total. The summed E-state index contributed by atoms with van der Waals surface area (Å²) in [6.45, 7) is 2.10. The van der Waals surface area contributed by atoms with E-state index >= 15 is 0 Å². The van der Waals surface area contributed by atoms with Gasteiger partial charge in [0.25, 0.3) is 0 Å². The van der Waals surface area contributed by atoms with Crippen LogP contribution in [0, 0.1) is 6.92 Å². The summed E-state index contributed by atoms with van der Waals surface area (Å²) in [5.74, 6) is 0. The summed E-state index contributed by atoms with van der Waals surface area (Å²) in [4.78, 5) is 5.12. The molecule has 0 atom stereocenters. The van der Waals surface area contributed by atoms with Crippen molar-refractivity contribution in [1.82, 2.24) is 14.8 Å². The van der Waals surface area contributed by atoms with Crippen LogP contribution in [0.4, 0.5) is 0 Å². The van der Waals surface area contributed by atoms with Crippen molar-refractivity contribution < 1.29 is 0 Å². The molecule has 0 spiro atoms. The molecule has 4 aromatic carbocycles. The minimum atomic E-state index is 0.943. The van der Waals surface area contributed by atoms with Gasteiger partial charge >= 0.3 is 0 Å². The molecule has 4 heteroatoms. The largest absolute Gasteiger partial charge is 0.234 e. The highest BCUT2D eigenvalue weighted by molar-refractivity contribution is 7.13. The van der Waals surface area contributed by atoms with Gasteiger partial charge in [-0.2, -0.15) is 5.10 Å². The van der Waals surface area contributed by atoms with Crippen LogP contribution in [0.15, 0.2) is 121 Å². The summed E-state index contributed by atoms with van der Waals surface area (Å²) in [5, 5.41) is 8.26. The standard InChI is InChI=1S/C31H23N3S/c1-22-17-19-23(20-18-22)27-21-35-31(32-27)30-28(24-11-5-2-6-12-24)29(25-13-7-3-8-14-25)33-34(30)26-15-9-4-10-16-26/h2-21H,1H3. The van der Waals surface area contributed by atoms with Gasteiger partial charge < -0.3 is 0 Å². The van der Waals surface area contributed by atoms with E-state index in [1.54, 1.807) is 11.3 Å². The van der Waals surface area contributed by atoms with E-state index in [1.807, 2.05) is 35.0 Å². The van der Waals surface area contributed by atoms with Gasteiger partial charge in [0, 0.05) is 22.1 Å². The third kappa shape index (κ3) is 4.09. The van der Waals surface area contributed by atoms with Crippen LogP contribution in [-0.2, 0) is 0 Å². The van der Waals surface area contributed by atoms with Crippen molar-refractivity contribution >= 4 is 11.3 Å². The van der Waals surface area contributed by atoms with Crippen LogP contribution in [0.2, 0.25) is 0 Å². The maximum atomic E-state index is 5.18. The lowest BCUT2D eigenvalue weighted by Crippen LogP contribution is -1.99. The zero-order valence-corrected chi connectivity index (χ0v) is 20.1. The number of rotatable bonds is 5. The smallest absolute Gasteiger partial charge is 0.143 e. The molecule has 0 aliphatic heterocycles. The van der Waals surface area contributed by atoms with Crippen LogP contribution in [0.3, 0.4) is 0 Å². The Hall–Kier alpha value is -4.28. The minimum Gasteiger partial charge on any atom is -0.234 e. The molecule has 168 valence electrons. The first-order chi connectivity index (χ1) is 17.3. The van der Waals surface area contributed by atoms with Crippen LogP contribution in [0.25, 0.3) is 50.0 Å². The molecular formula is C31H23N3S. The van der Waals surface area contributed by atoms with Crippen molar-refractivity contribution in [2.75, 3.05) is 0 Å². The summed E-state index contributed by atoms with van der Waals surface area (Å²) in [7, 11) is 0. The van der Waals surface area contributed by atoms with E-state index in [1.165, 1.54) is 5.56 Å². The number of aromatic nitrogens is 3. The molecule has 2 aromatic heterocycles. The van der Waals surface area contributed by atoms with Gasteiger partial charge in [0.2, 0.25) is 0 Å². The fraction of sp³-hybridized carbons (Fsp3) is 0.0323. The fourth-order valence-corrected chi connectivity index (χ4v) is 5.15. The van der Waals surface area contributed by atoms with Gasteiger partial charge in [0.15, 0.2) is 0 Å². The molecule has 35 heavy (non-hydrogen) atoms. The minimum absolute atomic E-state index is 0.943. The van der Waals surface area contributed by atoms with Gasteiger partial charge in [-0.1, -0.05) is 109 Å². The van der Waals surface area contributed by atoms with E-state index in [4.69, 9.17) is 10.1 Å². The van der Waals surface area contributed by atoms with Crippen LogP contribution >= 0.6 is 11.3 Å². The molecule has 6 aromatic rings. The Morgan fingerprint density at radius 2 is 1.23 bits per heavy atom. The van der Waals surface area contributed by atoms with Gasteiger partial charge in [-0.25, -0.2) is 9.67 Å². The van der Waals surface area contributed by atoms with E-state index in [0.29, 0.717) is 0 Å². The molecule has 0 unspecified atom stereocenters. The molecular weight excluding hydrogens is 446 g/mol. The topological polar surface area (TPSA) is 30.7 Å². The van der Waals surface area contributed by atoms with E-state index in [0.717, 1.165) is 50.0 Å². The average Bonchev–Trinajstić information content (AvgIpc) is 3.56. The van der Waals surface area contributed by atoms with Crippen molar-refractivity contribution in [2.24, 2.45) is 0 Å². The van der Waals surface area contributed by atoms with Crippen LogP contribution < -0.4 is 0 Å². The van der Waals surface area contributed by atoms with Gasteiger partial charge in [-0.15, -0.1) is 11.3 Å². The van der Waals surface area contributed by atoms with Crippen LogP contribution in [-0.4, -0.2) is 14.8 Å². The third-order valence-corrected chi connectivity index (χ3v) is 6.90. The molecule has 0 aliphatic rings. The Morgan fingerprint density at radius 3 is 1.89 bits per heavy atom. The predicted molar refractivity (Wildman–Crippen MR) is 146 cm³/mol. The van der Waals surface area contributed by atoms with Gasteiger partial charge in [0.05, 0.1) is 11.4 Å². The number of hydrogen-bond donors (Lipinski definition) is 0. The molecule has 6 rings (SSSR count). The van der Waals surface area contributed by atoms with E-state index < -0.39 is 0 Å².